The number of ether oxygens (including phenoxy) is 1. The number of carbonyl (C=O) groups is 3. The maximum Gasteiger partial charge on any atom is 0.338 e. The molecule has 2 aromatic heterocycles. The molecule has 11 heteroatoms. The Bertz CT molecular complexity index is 2040. The molecule has 0 radical (unpaired) electrons. The molecular weight excluding hydrogens is 604 g/mol. The van der Waals surface area contributed by atoms with Crippen LogP contribution in [-0.4, -0.2) is 38.0 Å². The van der Waals surface area contributed by atoms with Gasteiger partial charge in [0.15, 0.2) is 17.3 Å². The first kappa shape index (κ1) is 31.5. The maximum atomic E-state index is 13.8. The van der Waals surface area contributed by atoms with Crippen LogP contribution in [0.5, 0.6) is 0 Å². The third kappa shape index (κ3) is 6.60. The zero-order chi connectivity index (χ0) is 33.5. The van der Waals surface area contributed by atoms with E-state index in [2.05, 4.69) is 20.7 Å². The van der Waals surface area contributed by atoms with Crippen molar-refractivity contribution in [3.8, 4) is 11.3 Å². The summed E-state index contributed by atoms with van der Waals surface area (Å²) >= 11 is 0. The standard InChI is InChI=1S/C36H33F2N5O4/c1-20-23-13-15-28(25(23)12-11-24(20)35(46)47-36(2,3)4)41-33(44)30-17-31(34(45)39-19-21-10-14-26(37)27(38)16-21)43-32(40-30)18-29(42-43)22-8-6-5-7-9-22/h5-12,14,16-18,28H,13,15,19H2,1-4H3,(H,39,45)(H,41,44)/t28-/m0/s1. The first-order valence-corrected chi connectivity index (χ1v) is 15.2. The predicted molar refractivity (Wildman–Crippen MR) is 171 cm³/mol. The summed E-state index contributed by atoms with van der Waals surface area (Å²) in [7, 11) is 0. The summed E-state index contributed by atoms with van der Waals surface area (Å²) in [6, 6.07) is 19.0. The van der Waals surface area contributed by atoms with Gasteiger partial charge in [0.1, 0.15) is 17.0 Å². The Morgan fingerprint density at radius 3 is 2.45 bits per heavy atom. The fourth-order valence-electron chi connectivity index (χ4n) is 5.74. The summed E-state index contributed by atoms with van der Waals surface area (Å²) in [5.41, 5.74) is 4.60. The summed E-state index contributed by atoms with van der Waals surface area (Å²) in [5.74, 6) is -3.48. The first-order valence-electron chi connectivity index (χ1n) is 15.2. The van der Waals surface area contributed by atoms with Crippen molar-refractivity contribution < 1.29 is 27.9 Å². The van der Waals surface area contributed by atoms with Crippen LogP contribution in [-0.2, 0) is 17.7 Å². The van der Waals surface area contributed by atoms with Crippen molar-refractivity contribution in [2.45, 2.75) is 58.7 Å². The molecular formula is C36H33F2N5O4. The molecule has 1 atom stereocenters. The quantitative estimate of drug-likeness (QED) is 0.203. The predicted octanol–water partition coefficient (Wildman–Crippen LogP) is 6.29. The molecule has 9 nitrogen and oxygen atoms in total. The summed E-state index contributed by atoms with van der Waals surface area (Å²) in [6.45, 7) is 7.25. The van der Waals surface area contributed by atoms with Crippen LogP contribution in [0.25, 0.3) is 16.9 Å². The van der Waals surface area contributed by atoms with Crippen LogP contribution in [0.3, 0.4) is 0 Å². The van der Waals surface area contributed by atoms with E-state index in [1.807, 2.05) is 64.1 Å². The van der Waals surface area contributed by atoms with Crippen molar-refractivity contribution in [3.05, 3.63) is 124 Å². The molecule has 2 N–H and O–H groups in total. The molecule has 3 aromatic carbocycles. The lowest BCUT2D eigenvalue weighted by Gasteiger charge is -2.21. The number of halogens is 2. The van der Waals surface area contributed by atoms with Crippen LogP contribution >= 0.6 is 0 Å². The van der Waals surface area contributed by atoms with Gasteiger partial charge in [-0.25, -0.2) is 23.1 Å². The zero-order valence-electron chi connectivity index (χ0n) is 26.4. The highest BCUT2D eigenvalue weighted by Crippen LogP contribution is 2.35. The van der Waals surface area contributed by atoms with Crippen molar-refractivity contribution in [1.82, 2.24) is 25.2 Å². The van der Waals surface area contributed by atoms with Gasteiger partial charge in [-0.2, -0.15) is 5.10 Å². The summed E-state index contributed by atoms with van der Waals surface area (Å²) in [6.07, 6.45) is 1.28. The van der Waals surface area contributed by atoms with Gasteiger partial charge in [0, 0.05) is 24.2 Å². The Morgan fingerprint density at radius 2 is 1.72 bits per heavy atom. The second-order valence-corrected chi connectivity index (χ2v) is 12.5. The Labute approximate surface area is 270 Å². The number of benzene rings is 3. The summed E-state index contributed by atoms with van der Waals surface area (Å²) in [5, 5.41) is 10.3. The smallest absolute Gasteiger partial charge is 0.338 e. The number of fused-ring (bicyclic) bond motifs is 2. The Balaban J connectivity index is 1.29. The van der Waals surface area contributed by atoms with E-state index in [0.29, 0.717) is 29.7 Å². The number of carbonyl (C=O) groups excluding carboxylic acids is 3. The van der Waals surface area contributed by atoms with Crippen molar-refractivity contribution in [2.75, 3.05) is 0 Å². The molecule has 0 spiro atoms. The third-order valence-corrected chi connectivity index (χ3v) is 8.02. The monoisotopic (exact) mass is 637 g/mol. The van der Waals surface area contributed by atoms with E-state index in [1.54, 1.807) is 12.1 Å². The minimum Gasteiger partial charge on any atom is -0.456 e. The number of rotatable bonds is 7. The normalized spacial score (nSPS) is 14.1. The van der Waals surface area contributed by atoms with Crippen LogP contribution in [0.15, 0.2) is 72.8 Å². The fraction of sp³-hybridized carbons (Fsp3) is 0.250. The SMILES string of the molecule is Cc1c(C(=O)OC(C)(C)C)ccc2c1CC[C@@H]2NC(=O)c1cc(C(=O)NCc2ccc(F)c(F)c2)n2nc(-c3ccccc3)cc2n1. The van der Waals surface area contributed by atoms with Gasteiger partial charge in [-0.1, -0.05) is 42.5 Å². The van der Waals surface area contributed by atoms with Crippen LogP contribution < -0.4 is 10.6 Å². The van der Waals surface area contributed by atoms with E-state index < -0.39 is 35.0 Å². The number of hydrogen-bond acceptors (Lipinski definition) is 6. The molecule has 240 valence electrons. The van der Waals surface area contributed by atoms with Crippen LogP contribution in [0, 0.1) is 18.6 Å². The Kier molecular flexibility index (Phi) is 8.31. The van der Waals surface area contributed by atoms with Gasteiger partial charge in [0.05, 0.1) is 17.3 Å². The highest BCUT2D eigenvalue weighted by atomic mass is 19.2. The molecule has 0 saturated heterocycles. The molecule has 0 fully saturated rings. The van der Waals surface area contributed by atoms with Crippen molar-refractivity contribution in [1.29, 1.82) is 0 Å². The lowest BCUT2D eigenvalue weighted by molar-refractivity contribution is 0.00683. The minimum atomic E-state index is -1.02. The van der Waals surface area contributed by atoms with Gasteiger partial charge >= 0.3 is 5.97 Å². The van der Waals surface area contributed by atoms with Gasteiger partial charge in [-0.15, -0.1) is 0 Å². The molecule has 1 aliphatic carbocycles. The first-order chi connectivity index (χ1) is 22.4. The largest absolute Gasteiger partial charge is 0.456 e. The lowest BCUT2D eigenvalue weighted by Crippen LogP contribution is -2.30. The average Bonchev–Trinajstić information content (AvgIpc) is 3.65. The van der Waals surface area contributed by atoms with Crippen molar-refractivity contribution >= 4 is 23.4 Å². The number of nitrogens with one attached hydrogen (secondary N) is 2. The fourth-order valence-corrected chi connectivity index (χ4v) is 5.74. The van der Waals surface area contributed by atoms with Crippen LogP contribution in [0.2, 0.25) is 0 Å². The molecule has 2 amide bonds. The highest BCUT2D eigenvalue weighted by Gasteiger charge is 2.30. The summed E-state index contributed by atoms with van der Waals surface area (Å²) in [4.78, 5) is 44.5. The van der Waals surface area contributed by atoms with E-state index in [9.17, 15) is 23.2 Å². The molecule has 0 unspecified atom stereocenters. The van der Waals surface area contributed by atoms with Gasteiger partial charge in [-0.3, -0.25) is 9.59 Å². The van der Waals surface area contributed by atoms with Crippen LogP contribution in [0.1, 0.15) is 86.8 Å². The lowest BCUT2D eigenvalue weighted by atomic mass is 9.97. The van der Waals surface area contributed by atoms with Gasteiger partial charge in [-0.05, 0) is 81.0 Å². The molecule has 47 heavy (non-hydrogen) atoms. The molecule has 0 saturated carbocycles. The molecule has 6 rings (SSSR count). The Morgan fingerprint density at radius 1 is 0.957 bits per heavy atom. The molecule has 1 aliphatic rings. The van der Waals surface area contributed by atoms with E-state index in [0.717, 1.165) is 34.4 Å². The van der Waals surface area contributed by atoms with Crippen molar-refractivity contribution in [2.24, 2.45) is 0 Å². The zero-order valence-corrected chi connectivity index (χ0v) is 26.4. The van der Waals surface area contributed by atoms with E-state index in [4.69, 9.17) is 4.74 Å². The second-order valence-electron chi connectivity index (χ2n) is 12.5. The Hall–Kier alpha value is -5.45. The van der Waals surface area contributed by atoms with Crippen LogP contribution in [0.4, 0.5) is 8.78 Å². The molecule has 2 heterocycles. The van der Waals surface area contributed by atoms with E-state index in [1.165, 1.54) is 16.6 Å². The van der Waals surface area contributed by atoms with Gasteiger partial charge < -0.3 is 15.4 Å². The maximum absolute atomic E-state index is 13.8. The number of hydrogen-bond donors (Lipinski definition) is 2. The molecule has 0 aliphatic heterocycles. The number of aromatic nitrogens is 3. The summed E-state index contributed by atoms with van der Waals surface area (Å²) < 4.78 is 34.1. The number of nitrogens with zero attached hydrogens (tertiary/aromatic N) is 3. The number of amides is 2. The van der Waals surface area contributed by atoms with Gasteiger partial charge in [0.2, 0.25) is 0 Å². The molecule has 0 bridgehead atoms. The topological polar surface area (TPSA) is 115 Å². The van der Waals surface area contributed by atoms with E-state index in [-0.39, 0.29) is 29.6 Å². The molecule has 5 aromatic rings. The van der Waals surface area contributed by atoms with Crippen molar-refractivity contribution in [3.63, 3.8) is 0 Å². The van der Waals surface area contributed by atoms with Gasteiger partial charge in [0.25, 0.3) is 11.8 Å². The second kappa shape index (κ2) is 12.4. The number of esters is 1. The average molecular weight is 638 g/mol. The van der Waals surface area contributed by atoms with E-state index >= 15 is 0 Å². The highest BCUT2D eigenvalue weighted by molar-refractivity contribution is 5.98. The minimum absolute atomic E-state index is 0.00513. The third-order valence-electron chi connectivity index (χ3n) is 8.02.